The number of aromatic amines is 1. The molecule has 0 aliphatic heterocycles. The zero-order valence-corrected chi connectivity index (χ0v) is 13.8. The Bertz CT molecular complexity index is 948. The molecule has 0 atom stereocenters. The lowest BCUT2D eigenvalue weighted by molar-refractivity contribution is 0.0950. The van der Waals surface area contributed by atoms with Crippen molar-refractivity contribution in [3.05, 3.63) is 59.8 Å². The molecule has 0 unspecified atom stereocenters. The predicted octanol–water partition coefficient (Wildman–Crippen LogP) is 2.26. The fourth-order valence-corrected chi connectivity index (χ4v) is 2.19. The third kappa shape index (κ3) is 3.81. The fourth-order valence-electron chi connectivity index (χ4n) is 2.19. The van der Waals surface area contributed by atoms with Gasteiger partial charge in [0.2, 0.25) is 0 Å². The van der Waals surface area contributed by atoms with Crippen molar-refractivity contribution >= 4 is 12.1 Å². The van der Waals surface area contributed by atoms with E-state index in [-0.39, 0.29) is 17.2 Å². The summed E-state index contributed by atoms with van der Waals surface area (Å²) in [6, 6.07) is 13.1. The van der Waals surface area contributed by atoms with E-state index in [9.17, 15) is 15.0 Å². The van der Waals surface area contributed by atoms with Crippen molar-refractivity contribution < 1.29 is 19.7 Å². The Balaban J connectivity index is 1.65. The molecule has 4 N–H and O–H groups in total. The molecule has 26 heavy (non-hydrogen) atoms. The van der Waals surface area contributed by atoms with Crippen molar-refractivity contribution in [3.63, 3.8) is 0 Å². The number of amides is 1. The Morgan fingerprint density at radius 2 is 1.92 bits per heavy atom. The van der Waals surface area contributed by atoms with E-state index in [0.29, 0.717) is 11.3 Å². The number of methoxy groups -OCH3 is 1. The van der Waals surface area contributed by atoms with Crippen LogP contribution in [0.4, 0.5) is 0 Å². The summed E-state index contributed by atoms with van der Waals surface area (Å²) in [5, 5.41) is 29.2. The zero-order chi connectivity index (χ0) is 18.5. The van der Waals surface area contributed by atoms with E-state index in [1.807, 2.05) is 12.1 Å². The number of nitrogens with zero attached hydrogens (tertiary/aromatic N) is 2. The summed E-state index contributed by atoms with van der Waals surface area (Å²) < 4.78 is 5.11. The van der Waals surface area contributed by atoms with Gasteiger partial charge in [-0.15, -0.1) is 0 Å². The van der Waals surface area contributed by atoms with Crippen LogP contribution in [0, 0.1) is 0 Å². The smallest absolute Gasteiger partial charge is 0.289 e. The third-order valence-electron chi connectivity index (χ3n) is 3.59. The number of carbonyl (C=O) groups excluding carboxylic acids is 1. The zero-order valence-electron chi connectivity index (χ0n) is 13.8. The molecule has 132 valence electrons. The first-order chi connectivity index (χ1) is 12.6. The van der Waals surface area contributed by atoms with Crippen molar-refractivity contribution in [2.45, 2.75) is 0 Å². The maximum atomic E-state index is 12.1. The second kappa shape index (κ2) is 7.39. The van der Waals surface area contributed by atoms with Gasteiger partial charge in [-0.3, -0.25) is 9.89 Å². The van der Waals surface area contributed by atoms with Crippen molar-refractivity contribution in [3.8, 4) is 28.5 Å². The molecule has 8 heteroatoms. The molecule has 0 saturated carbocycles. The quantitative estimate of drug-likeness (QED) is 0.319. The van der Waals surface area contributed by atoms with Gasteiger partial charge < -0.3 is 14.9 Å². The number of ether oxygens (including phenoxy) is 1. The van der Waals surface area contributed by atoms with Gasteiger partial charge in [0.15, 0.2) is 11.5 Å². The number of phenolic OH excluding ortho intramolecular Hbond substituents is 2. The molecule has 0 aliphatic rings. The molecule has 3 rings (SSSR count). The van der Waals surface area contributed by atoms with Crippen molar-refractivity contribution in [2.75, 3.05) is 7.11 Å². The van der Waals surface area contributed by atoms with Gasteiger partial charge in [-0.1, -0.05) is 0 Å². The molecule has 0 spiro atoms. The number of carbonyl (C=O) groups is 1. The van der Waals surface area contributed by atoms with Crippen LogP contribution in [0.1, 0.15) is 16.1 Å². The largest absolute Gasteiger partial charge is 0.504 e. The Kier molecular flexibility index (Phi) is 4.84. The van der Waals surface area contributed by atoms with Crippen LogP contribution in [0.25, 0.3) is 11.3 Å². The van der Waals surface area contributed by atoms with E-state index in [4.69, 9.17) is 4.74 Å². The van der Waals surface area contributed by atoms with Crippen LogP contribution >= 0.6 is 0 Å². The number of aromatic hydroxyl groups is 2. The Hall–Kier alpha value is -3.81. The van der Waals surface area contributed by atoms with E-state index >= 15 is 0 Å². The minimum absolute atomic E-state index is 0.227. The molecule has 1 aromatic heterocycles. The summed E-state index contributed by atoms with van der Waals surface area (Å²) in [7, 11) is 1.59. The standard InChI is InChI=1S/C18H16N4O4/c1-26-13-5-3-12(4-6-13)14-9-15(21-20-14)18(25)22-19-10-11-2-7-16(23)17(24)8-11/h2-10,23-24H,1H3,(H,20,21)(H,22,25)/b19-10+. The summed E-state index contributed by atoms with van der Waals surface area (Å²) in [5.41, 5.74) is 4.58. The van der Waals surface area contributed by atoms with E-state index in [2.05, 4.69) is 20.7 Å². The summed E-state index contributed by atoms with van der Waals surface area (Å²) in [6.45, 7) is 0. The second-order valence-electron chi connectivity index (χ2n) is 5.34. The maximum absolute atomic E-state index is 12.1. The molecule has 0 aliphatic carbocycles. The highest BCUT2D eigenvalue weighted by atomic mass is 16.5. The number of hydrazone groups is 1. The molecule has 2 aromatic carbocycles. The highest BCUT2D eigenvalue weighted by Crippen LogP contribution is 2.24. The van der Waals surface area contributed by atoms with Crippen molar-refractivity contribution in [1.82, 2.24) is 15.6 Å². The fraction of sp³-hybridized carbons (Fsp3) is 0.0556. The number of aromatic nitrogens is 2. The van der Waals surface area contributed by atoms with Crippen LogP contribution in [0.15, 0.2) is 53.6 Å². The number of nitrogens with one attached hydrogen (secondary N) is 2. The Labute approximate surface area is 148 Å². The van der Waals surface area contributed by atoms with Gasteiger partial charge in [-0.25, -0.2) is 5.43 Å². The molecule has 3 aromatic rings. The Morgan fingerprint density at radius 3 is 2.62 bits per heavy atom. The molecule has 1 heterocycles. The van der Waals surface area contributed by atoms with Crippen LogP contribution in [0.5, 0.6) is 17.2 Å². The number of benzene rings is 2. The van der Waals surface area contributed by atoms with Gasteiger partial charge >= 0.3 is 0 Å². The number of hydrogen-bond donors (Lipinski definition) is 4. The SMILES string of the molecule is COc1ccc(-c2cc(C(=O)N/N=C/c3ccc(O)c(O)c3)[nH]n2)cc1. The minimum atomic E-state index is -0.462. The lowest BCUT2D eigenvalue weighted by Gasteiger charge is -2.00. The van der Waals surface area contributed by atoms with Crippen LogP contribution < -0.4 is 10.2 Å². The van der Waals surface area contributed by atoms with Gasteiger partial charge in [0, 0.05) is 5.56 Å². The van der Waals surface area contributed by atoms with E-state index in [0.717, 1.165) is 11.3 Å². The predicted molar refractivity (Wildman–Crippen MR) is 95.4 cm³/mol. The molecular weight excluding hydrogens is 336 g/mol. The number of hydrogen-bond acceptors (Lipinski definition) is 6. The van der Waals surface area contributed by atoms with E-state index in [1.54, 1.807) is 31.4 Å². The Morgan fingerprint density at radius 1 is 1.15 bits per heavy atom. The first kappa shape index (κ1) is 17.0. The van der Waals surface area contributed by atoms with E-state index < -0.39 is 5.91 Å². The highest BCUT2D eigenvalue weighted by Gasteiger charge is 2.10. The van der Waals surface area contributed by atoms with Crippen LogP contribution in [0.2, 0.25) is 0 Å². The van der Waals surface area contributed by atoms with Crippen molar-refractivity contribution in [2.24, 2.45) is 5.10 Å². The van der Waals surface area contributed by atoms with Gasteiger partial charge in [-0.05, 0) is 54.1 Å². The van der Waals surface area contributed by atoms with Crippen LogP contribution in [-0.4, -0.2) is 39.6 Å². The lowest BCUT2D eigenvalue weighted by Crippen LogP contribution is -2.17. The first-order valence-electron chi connectivity index (χ1n) is 7.62. The normalized spacial score (nSPS) is 10.8. The van der Waals surface area contributed by atoms with Gasteiger partial charge in [0.25, 0.3) is 5.91 Å². The number of phenols is 2. The molecule has 0 radical (unpaired) electrons. The van der Waals surface area contributed by atoms with Crippen LogP contribution in [-0.2, 0) is 0 Å². The van der Waals surface area contributed by atoms with Crippen molar-refractivity contribution in [1.29, 1.82) is 0 Å². The number of H-pyrrole nitrogens is 1. The maximum Gasteiger partial charge on any atom is 0.289 e. The van der Waals surface area contributed by atoms with Crippen LogP contribution in [0.3, 0.4) is 0 Å². The molecular formula is C18H16N4O4. The van der Waals surface area contributed by atoms with E-state index in [1.165, 1.54) is 18.3 Å². The molecule has 8 nitrogen and oxygen atoms in total. The topological polar surface area (TPSA) is 120 Å². The average Bonchev–Trinajstić information content (AvgIpc) is 3.15. The highest BCUT2D eigenvalue weighted by molar-refractivity contribution is 5.94. The molecule has 1 amide bonds. The van der Waals surface area contributed by atoms with Gasteiger partial charge in [0.1, 0.15) is 11.4 Å². The molecule has 0 saturated heterocycles. The molecule has 0 bridgehead atoms. The summed E-state index contributed by atoms with van der Waals surface area (Å²) in [5.74, 6) is -0.221. The second-order valence-corrected chi connectivity index (χ2v) is 5.34. The van der Waals surface area contributed by atoms with Gasteiger partial charge in [0.05, 0.1) is 19.0 Å². The minimum Gasteiger partial charge on any atom is -0.504 e. The average molecular weight is 352 g/mol. The number of rotatable bonds is 5. The molecule has 0 fully saturated rings. The monoisotopic (exact) mass is 352 g/mol. The lowest BCUT2D eigenvalue weighted by atomic mass is 10.1. The summed E-state index contributed by atoms with van der Waals surface area (Å²) in [6.07, 6.45) is 1.35. The van der Waals surface area contributed by atoms with Gasteiger partial charge in [-0.2, -0.15) is 10.2 Å². The first-order valence-corrected chi connectivity index (χ1v) is 7.62. The third-order valence-corrected chi connectivity index (χ3v) is 3.59. The summed E-state index contributed by atoms with van der Waals surface area (Å²) in [4.78, 5) is 12.1. The summed E-state index contributed by atoms with van der Waals surface area (Å²) >= 11 is 0.